The van der Waals surface area contributed by atoms with Crippen molar-refractivity contribution in [3.05, 3.63) is 66.0 Å². The van der Waals surface area contributed by atoms with Gasteiger partial charge in [0, 0.05) is 25.5 Å². The van der Waals surface area contributed by atoms with Crippen LogP contribution >= 0.6 is 0 Å². The van der Waals surface area contributed by atoms with Gasteiger partial charge in [-0.15, -0.1) is 0 Å². The number of nitrogens with two attached hydrogens (primary N) is 1. The molecule has 174 valence electrons. The summed E-state index contributed by atoms with van der Waals surface area (Å²) in [6, 6.07) is 14.0. The van der Waals surface area contributed by atoms with E-state index in [2.05, 4.69) is 22.4 Å². The molecule has 0 bridgehead atoms. The number of hydrogen-bond acceptors (Lipinski definition) is 5. The molecule has 2 amide bonds. The first-order valence-electron chi connectivity index (χ1n) is 11.9. The fourth-order valence-electron chi connectivity index (χ4n) is 5.24. The van der Waals surface area contributed by atoms with Gasteiger partial charge in [0.05, 0.1) is 5.56 Å². The van der Waals surface area contributed by atoms with E-state index in [0.717, 1.165) is 38.5 Å². The monoisotopic (exact) mass is 447 g/mol. The third-order valence-electron chi connectivity index (χ3n) is 6.94. The molecule has 4 rings (SSSR count). The molecule has 7 heteroatoms. The van der Waals surface area contributed by atoms with E-state index >= 15 is 0 Å². The number of carbonyl (C=O) groups is 2. The molecule has 0 spiro atoms. The Bertz CT molecular complexity index is 994. The maximum absolute atomic E-state index is 13.3. The molecule has 3 N–H and O–H groups in total. The minimum atomic E-state index is -0.798. The highest BCUT2D eigenvalue weighted by Gasteiger charge is 2.47. The third kappa shape index (κ3) is 5.41. The highest BCUT2D eigenvalue weighted by molar-refractivity contribution is 6.06. The molecule has 0 radical (unpaired) electrons. The van der Waals surface area contributed by atoms with Crippen molar-refractivity contribution in [3.8, 4) is 0 Å². The van der Waals surface area contributed by atoms with Crippen LogP contribution in [0.5, 0.6) is 0 Å². The average Bonchev–Trinajstić information content (AvgIpc) is 3.04. The van der Waals surface area contributed by atoms with E-state index in [9.17, 15) is 9.59 Å². The largest absolute Gasteiger partial charge is 0.369 e. The number of likely N-dealkylation sites (N-methyl/N-ethyl adjacent to an activating group) is 1. The van der Waals surface area contributed by atoms with Gasteiger partial charge in [0.1, 0.15) is 5.54 Å². The zero-order chi connectivity index (χ0) is 23.3. The van der Waals surface area contributed by atoms with Crippen molar-refractivity contribution in [1.82, 2.24) is 15.2 Å². The van der Waals surface area contributed by atoms with Gasteiger partial charge in [0.15, 0.2) is 5.96 Å². The van der Waals surface area contributed by atoms with E-state index in [1.54, 1.807) is 31.6 Å². The Balaban J connectivity index is 1.41. The molecule has 1 fully saturated rings. The molecular weight excluding hydrogens is 414 g/mol. The minimum absolute atomic E-state index is 0.00502. The Morgan fingerprint density at radius 3 is 2.73 bits per heavy atom. The van der Waals surface area contributed by atoms with Crippen molar-refractivity contribution in [2.75, 3.05) is 7.05 Å². The summed E-state index contributed by atoms with van der Waals surface area (Å²) in [5, 5.41) is 3.16. The normalized spacial score (nSPS) is 25.1. The van der Waals surface area contributed by atoms with Crippen molar-refractivity contribution in [3.63, 3.8) is 0 Å². The second-order valence-corrected chi connectivity index (χ2v) is 9.35. The van der Waals surface area contributed by atoms with E-state index in [1.165, 1.54) is 10.5 Å². The molecule has 1 aromatic carbocycles. The fourth-order valence-corrected chi connectivity index (χ4v) is 5.24. The summed E-state index contributed by atoms with van der Waals surface area (Å²) in [7, 11) is 1.71. The molecule has 1 aliphatic heterocycles. The van der Waals surface area contributed by atoms with Crippen LogP contribution in [-0.2, 0) is 11.2 Å². The summed E-state index contributed by atoms with van der Waals surface area (Å²) in [4.78, 5) is 36.1. The van der Waals surface area contributed by atoms with E-state index in [1.807, 2.05) is 18.2 Å². The predicted octanol–water partition coefficient (Wildman–Crippen LogP) is 3.31. The molecular formula is C26H33N5O2. The molecule has 0 saturated heterocycles. The number of hydrogen-bond donors (Lipinski definition) is 2. The molecule has 2 aromatic rings. The number of aliphatic imine (C=N–C) groups is 1. The van der Waals surface area contributed by atoms with Gasteiger partial charge in [-0.2, -0.15) is 0 Å². The van der Waals surface area contributed by atoms with Crippen LogP contribution in [0.15, 0.2) is 59.9 Å². The first-order chi connectivity index (χ1) is 16.0. The molecule has 7 nitrogen and oxygen atoms in total. The number of guanidine groups is 1. The molecule has 3 atom stereocenters. The second-order valence-electron chi connectivity index (χ2n) is 9.35. The summed E-state index contributed by atoms with van der Waals surface area (Å²) in [5.41, 5.74) is 7.12. The Kier molecular flexibility index (Phi) is 7.06. The minimum Gasteiger partial charge on any atom is -0.369 e. The maximum atomic E-state index is 13.3. The zero-order valence-electron chi connectivity index (χ0n) is 19.2. The number of amides is 2. The number of pyridine rings is 1. The molecule has 2 heterocycles. The summed E-state index contributed by atoms with van der Waals surface area (Å²) < 4.78 is 0. The summed E-state index contributed by atoms with van der Waals surface area (Å²) >= 11 is 0. The van der Waals surface area contributed by atoms with Crippen molar-refractivity contribution in [1.29, 1.82) is 0 Å². The Hall–Kier alpha value is -3.22. The average molecular weight is 448 g/mol. The van der Waals surface area contributed by atoms with Gasteiger partial charge in [-0.25, -0.2) is 4.99 Å². The lowest BCUT2D eigenvalue weighted by Gasteiger charge is -2.34. The maximum Gasteiger partial charge on any atom is 0.257 e. The zero-order valence-corrected chi connectivity index (χ0v) is 19.2. The number of nitrogens with one attached hydrogen (secondary N) is 1. The van der Waals surface area contributed by atoms with Crippen LogP contribution < -0.4 is 11.1 Å². The van der Waals surface area contributed by atoms with Gasteiger partial charge in [-0.1, -0.05) is 43.2 Å². The number of carbonyl (C=O) groups excluding carboxylic acids is 2. The van der Waals surface area contributed by atoms with Crippen LogP contribution in [0, 0.1) is 5.92 Å². The van der Waals surface area contributed by atoms with Crippen molar-refractivity contribution in [2.45, 2.75) is 62.9 Å². The predicted molar refractivity (Wildman–Crippen MR) is 129 cm³/mol. The molecule has 33 heavy (non-hydrogen) atoms. The molecule has 1 aliphatic carbocycles. The van der Waals surface area contributed by atoms with Gasteiger partial charge in [0.25, 0.3) is 11.8 Å². The van der Waals surface area contributed by atoms with Crippen LogP contribution in [-0.4, -0.2) is 46.3 Å². The van der Waals surface area contributed by atoms with Crippen LogP contribution in [0.3, 0.4) is 0 Å². The van der Waals surface area contributed by atoms with Crippen LogP contribution in [0.25, 0.3) is 0 Å². The van der Waals surface area contributed by atoms with E-state index < -0.39 is 5.54 Å². The first-order valence-corrected chi connectivity index (χ1v) is 11.9. The van der Waals surface area contributed by atoms with Crippen molar-refractivity contribution < 1.29 is 9.59 Å². The van der Waals surface area contributed by atoms with Gasteiger partial charge >= 0.3 is 0 Å². The molecule has 0 unspecified atom stereocenters. The number of aromatic nitrogens is 1. The Morgan fingerprint density at radius 1 is 1.21 bits per heavy atom. The number of benzene rings is 1. The lowest BCUT2D eigenvalue weighted by Crippen LogP contribution is -2.45. The van der Waals surface area contributed by atoms with Crippen molar-refractivity contribution >= 4 is 17.8 Å². The number of aryl methyl sites for hydroxylation is 1. The van der Waals surface area contributed by atoms with E-state index in [-0.39, 0.29) is 17.9 Å². The number of rotatable bonds is 8. The van der Waals surface area contributed by atoms with E-state index in [0.29, 0.717) is 30.3 Å². The quantitative estimate of drug-likeness (QED) is 0.648. The molecule has 1 aromatic heterocycles. The van der Waals surface area contributed by atoms with Crippen LogP contribution in [0.1, 0.15) is 60.9 Å². The smallest absolute Gasteiger partial charge is 0.257 e. The van der Waals surface area contributed by atoms with Gasteiger partial charge < -0.3 is 11.1 Å². The van der Waals surface area contributed by atoms with Gasteiger partial charge in [0.2, 0.25) is 0 Å². The summed E-state index contributed by atoms with van der Waals surface area (Å²) in [6.45, 7) is 0. The lowest BCUT2D eigenvalue weighted by molar-refractivity contribution is -0.131. The summed E-state index contributed by atoms with van der Waals surface area (Å²) in [6.07, 6.45) is 10.2. The highest BCUT2D eigenvalue weighted by atomic mass is 16.2. The van der Waals surface area contributed by atoms with Crippen LogP contribution in [0.2, 0.25) is 0 Å². The first kappa shape index (κ1) is 23.0. The lowest BCUT2D eigenvalue weighted by atomic mass is 9.75. The summed E-state index contributed by atoms with van der Waals surface area (Å²) in [5.74, 6) is 0.512. The fraction of sp³-hybridized carbons (Fsp3) is 0.462. The topological polar surface area (TPSA) is 101 Å². The highest BCUT2D eigenvalue weighted by Crippen LogP contribution is 2.38. The van der Waals surface area contributed by atoms with Gasteiger partial charge in [-0.3, -0.25) is 19.5 Å². The standard InChI is InChI=1S/C26H33N5O2/c1-31-24(33)26(30-25(31)27,14-6-11-19-8-3-2-4-9-19)17-20-10-5-13-22(16-20)29-23(32)21-12-7-15-28-18-21/h2-4,7-9,12,15,18,20,22H,5-6,10-11,13-14,16-17H2,1H3,(H2,27,30)(H,29,32)/t20-,22+,26+/m0/s1. The van der Waals surface area contributed by atoms with Crippen LogP contribution in [0.4, 0.5) is 0 Å². The van der Waals surface area contributed by atoms with Gasteiger partial charge in [-0.05, 0) is 62.1 Å². The molecule has 2 aliphatic rings. The van der Waals surface area contributed by atoms with E-state index in [4.69, 9.17) is 10.7 Å². The second kappa shape index (κ2) is 10.1. The Labute approximate surface area is 195 Å². The molecule has 1 saturated carbocycles. The Morgan fingerprint density at radius 2 is 2.03 bits per heavy atom. The SMILES string of the molecule is CN1C(=O)[C@@](CCCc2ccccc2)(C[C@H]2CCC[C@@H](NC(=O)c3cccnc3)C2)N=C1N. The third-order valence-corrected chi connectivity index (χ3v) is 6.94. The van der Waals surface area contributed by atoms with Crippen molar-refractivity contribution in [2.24, 2.45) is 16.6 Å². The number of nitrogens with zero attached hydrogens (tertiary/aromatic N) is 3.